The molecule has 0 heterocycles. The van der Waals surface area contributed by atoms with E-state index in [0.29, 0.717) is 37.6 Å². The third-order valence-electron chi connectivity index (χ3n) is 4.30. The van der Waals surface area contributed by atoms with Crippen LogP contribution in [0.15, 0.2) is 54.6 Å². The van der Waals surface area contributed by atoms with Crippen LogP contribution < -0.4 is 9.47 Å². The standard InChI is InChI=1S/C24H29NO5/c1-4-29-24(27)14-16-25(18-21-9-6-5-7-10-21)15-8-11-20-12-13-22(30-19(2)26)23(17-20)28-3/h5-13,17H,4,14-16,18H2,1-3H3. The normalized spacial score (nSPS) is 10.9. The van der Waals surface area contributed by atoms with Crippen LogP contribution in [0, 0.1) is 0 Å². The molecule has 0 spiro atoms. The maximum absolute atomic E-state index is 11.8. The number of hydrogen-bond acceptors (Lipinski definition) is 6. The third kappa shape index (κ3) is 8.09. The van der Waals surface area contributed by atoms with E-state index in [-0.39, 0.29) is 5.97 Å². The minimum atomic E-state index is -0.394. The Hall–Kier alpha value is -3.12. The average molecular weight is 411 g/mol. The molecule has 0 amide bonds. The van der Waals surface area contributed by atoms with Crippen LogP contribution in [0.1, 0.15) is 31.4 Å². The second kappa shape index (κ2) is 12.4. The van der Waals surface area contributed by atoms with E-state index < -0.39 is 5.97 Å². The first-order valence-electron chi connectivity index (χ1n) is 9.96. The minimum Gasteiger partial charge on any atom is -0.493 e. The Labute approximate surface area is 178 Å². The smallest absolute Gasteiger partial charge is 0.308 e. The van der Waals surface area contributed by atoms with Crippen molar-refractivity contribution in [1.29, 1.82) is 0 Å². The number of carbonyl (C=O) groups excluding carboxylic acids is 2. The van der Waals surface area contributed by atoms with Gasteiger partial charge in [-0.1, -0.05) is 48.6 Å². The highest BCUT2D eigenvalue weighted by atomic mass is 16.6. The molecule has 0 atom stereocenters. The molecular weight excluding hydrogens is 382 g/mol. The van der Waals surface area contributed by atoms with Crippen LogP contribution in [-0.2, 0) is 20.9 Å². The molecule has 2 rings (SSSR count). The van der Waals surface area contributed by atoms with E-state index >= 15 is 0 Å². The molecule has 0 aliphatic rings. The van der Waals surface area contributed by atoms with E-state index in [1.807, 2.05) is 49.4 Å². The van der Waals surface area contributed by atoms with Crippen molar-refractivity contribution in [3.05, 3.63) is 65.7 Å². The first-order chi connectivity index (χ1) is 14.5. The summed E-state index contributed by atoms with van der Waals surface area (Å²) in [5.41, 5.74) is 2.11. The molecule has 0 bridgehead atoms. The van der Waals surface area contributed by atoms with Gasteiger partial charge in [0.1, 0.15) is 0 Å². The van der Waals surface area contributed by atoms with Crippen LogP contribution in [0.5, 0.6) is 11.5 Å². The molecule has 30 heavy (non-hydrogen) atoms. The van der Waals surface area contributed by atoms with Gasteiger partial charge in [-0.25, -0.2) is 0 Å². The fourth-order valence-electron chi connectivity index (χ4n) is 2.92. The molecule has 0 aliphatic heterocycles. The summed E-state index contributed by atoms with van der Waals surface area (Å²) in [7, 11) is 1.53. The van der Waals surface area contributed by atoms with Crippen LogP contribution in [-0.4, -0.2) is 43.6 Å². The van der Waals surface area contributed by atoms with Gasteiger partial charge in [-0.3, -0.25) is 14.5 Å². The summed E-state index contributed by atoms with van der Waals surface area (Å²) in [5, 5.41) is 0. The van der Waals surface area contributed by atoms with Crippen LogP contribution >= 0.6 is 0 Å². The first kappa shape index (κ1) is 23.2. The number of rotatable bonds is 11. The second-order valence-electron chi connectivity index (χ2n) is 6.68. The average Bonchev–Trinajstić information content (AvgIpc) is 2.73. The molecule has 2 aromatic rings. The zero-order valence-electron chi connectivity index (χ0n) is 17.8. The van der Waals surface area contributed by atoms with Crippen molar-refractivity contribution in [1.82, 2.24) is 4.90 Å². The van der Waals surface area contributed by atoms with Crippen molar-refractivity contribution in [3.63, 3.8) is 0 Å². The van der Waals surface area contributed by atoms with Crippen molar-refractivity contribution in [2.75, 3.05) is 26.8 Å². The van der Waals surface area contributed by atoms with E-state index in [0.717, 1.165) is 12.1 Å². The first-order valence-corrected chi connectivity index (χ1v) is 9.96. The number of carbonyl (C=O) groups is 2. The molecule has 0 aromatic heterocycles. The molecule has 0 radical (unpaired) electrons. The molecule has 2 aromatic carbocycles. The molecule has 0 N–H and O–H groups in total. The SMILES string of the molecule is CCOC(=O)CCN(CC=Cc1ccc(OC(C)=O)c(OC)c1)Cc1ccccc1. The van der Waals surface area contributed by atoms with Crippen LogP contribution in [0.3, 0.4) is 0 Å². The number of esters is 2. The Morgan fingerprint density at radius 3 is 2.50 bits per heavy atom. The maximum Gasteiger partial charge on any atom is 0.308 e. The number of nitrogens with zero attached hydrogens (tertiary/aromatic N) is 1. The summed E-state index contributed by atoms with van der Waals surface area (Å²) in [6.07, 6.45) is 4.36. The van der Waals surface area contributed by atoms with Gasteiger partial charge in [-0.15, -0.1) is 0 Å². The third-order valence-corrected chi connectivity index (χ3v) is 4.30. The van der Waals surface area contributed by atoms with E-state index in [1.165, 1.54) is 19.6 Å². The van der Waals surface area contributed by atoms with E-state index in [9.17, 15) is 9.59 Å². The number of ether oxygens (including phenoxy) is 3. The minimum absolute atomic E-state index is 0.190. The van der Waals surface area contributed by atoms with Crippen molar-refractivity contribution in [2.24, 2.45) is 0 Å². The number of methoxy groups -OCH3 is 1. The summed E-state index contributed by atoms with van der Waals surface area (Å²) < 4.78 is 15.5. The Bertz CT molecular complexity index is 848. The molecule has 0 saturated heterocycles. The van der Waals surface area contributed by atoms with Gasteiger partial charge < -0.3 is 14.2 Å². The topological polar surface area (TPSA) is 65.1 Å². The molecule has 160 valence electrons. The second-order valence-corrected chi connectivity index (χ2v) is 6.68. The van der Waals surface area contributed by atoms with E-state index in [2.05, 4.69) is 17.0 Å². The van der Waals surface area contributed by atoms with E-state index in [1.54, 1.807) is 6.07 Å². The Morgan fingerprint density at radius 2 is 1.83 bits per heavy atom. The van der Waals surface area contributed by atoms with Gasteiger partial charge in [0, 0.05) is 26.6 Å². The molecule has 6 nitrogen and oxygen atoms in total. The Morgan fingerprint density at radius 1 is 1.07 bits per heavy atom. The molecule has 0 unspecified atom stereocenters. The lowest BCUT2D eigenvalue weighted by Gasteiger charge is -2.20. The predicted molar refractivity (Wildman–Crippen MR) is 116 cm³/mol. The fraction of sp³-hybridized carbons (Fsp3) is 0.333. The number of benzene rings is 2. The summed E-state index contributed by atoms with van der Waals surface area (Å²) in [6, 6.07) is 15.5. The van der Waals surface area contributed by atoms with Gasteiger partial charge >= 0.3 is 11.9 Å². The summed E-state index contributed by atoms with van der Waals surface area (Å²) in [6.45, 7) is 5.56. The maximum atomic E-state index is 11.8. The van der Waals surface area contributed by atoms with Gasteiger partial charge in [-0.05, 0) is 30.2 Å². The lowest BCUT2D eigenvalue weighted by Crippen LogP contribution is -2.26. The van der Waals surface area contributed by atoms with Crippen LogP contribution in [0.4, 0.5) is 0 Å². The Kier molecular flexibility index (Phi) is 9.61. The fourth-order valence-corrected chi connectivity index (χ4v) is 2.92. The van der Waals surface area contributed by atoms with Gasteiger partial charge in [0.25, 0.3) is 0 Å². The highest BCUT2D eigenvalue weighted by molar-refractivity contribution is 5.71. The zero-order valence-corrected chi connectivity index (χ0v) is 17.8. The quantitative estimate of drug-likeness (QED) is 0.410. The molecule has 6 heteroatoms. The molecule has 0 saturated carbocycles. The number of hydrogen-bond donors (Lipinski definition) is 0. The summed E-state index contributed by atoms with van der Waals surface area (Å²) in [4.78, 5) is 25.1. The summed E-state index contributed by atoms with van der Waals surface area (Å²) in [5.74, 6) is 0.304. The zero-order chi connectivity index (χ0) is 21.8. The van der Waals surface area contributed by atoms with Crippen molar-refractivity contribution in [3.8, 4) is 11.5 Å². The van der Waals surface area contributed by atoms with Crippen LogP contribution in [0.2, 0.25) is 0 Å². The van der Waals surface area contributed by atoms with E-state index in [4.69, 9.17) is 14.2 Å². The van der Waals surface area contributed by atoms with Crippen LogP contribution in [0.25, 0.3) is 6.08 Å². The molecule has 0 aliphatic carbocycles. The highest BCUT2D eigenvalue weighted by Gasteiger charge is 2.10. The lowest BCUT2D eigenvalue weighted by atomic mass is 10.1. The van der Waals surface area contributed by atoms with Crippen molar-refractivity contribution >= 4 is 18.0 Å². The predicted octanol–water partition coefficient (Wildman–Crippen LogP) is 4.09. The van der Waals surface area contributed by atoms with Gasteiger partial charge in [0.05, 0.1) is 20.1 Å². The molecular formula is C24H29NO5. The Balaban J connectivity index is 2.04. The largest absolute Gasteiger partial charge is 0.493 e. The lowest BCUT2D eigenvalue weighted by molar-refractivity contribution is -0.143. The van der Waals surface area contributed by atoms with Gasteiger partial charge in [0.15, 0.2) is 11.5 Å². The summed E-state index contributed by atoms with van der Waals surface area (Å²) >= 11 is 0. The van der Waals surface area contributed by atoms with Crippen molar-refractivity contribution < 1.29 is 23.8 Å². The highest BCUT2D eigenvalue weighted by Crippen LogP contribution is 2.28. The van der Waals surface area contributed by atoms with Crippen molar-refractivity contribution in [2.45, 2.75) is 26.8 Å². The van der Waals surface area contributed by atoms with Gasteiger partial charge in [-0.2, -0.15) is 0 Å². The molecule has 0 fully saturated rings. The monoisotopic (exact) mass is 411 g/mol. The van der Waals surface area contributed by atoms with Gasteiger partial charge in [0.2, 0.25) is 0 Å².